The summed E-state index contributed by atoms with van der Waals surface area (Å²) in [6, 6.07) is 0. The van der Waals surface area contributed by atoms with Crippen molar-refractivity contribution in [3.8, 4) is 0 Å². The molecule has 1 atom stereocenters. The Morgan fingerprint density at radius 1 is 0.288 bits per heavy atom. The first-order valence-electron chi connectivity index (χ1n) is 31.1. The molecule has 0 aliphatic heterocycles. The van der Waals surface area contributed by atoms with E-state index in [1.54, 1.807) is 0 Å². The molecule has 420 valence electrons. The van der Waals surface area contributed by atoms with Crippen molar-refractivity contribution >= 4 is 17.9 Å². The predicted molar refractivity (Wildman–Crippen MR) is 316 cm³/mol. The van der Waals surface area contributed by atoms with Gasteiger partial charge in [-0.3, -0.25) is 14.4 Å². The minimum Gasteiger partial charge on any atom is -0.462 e. The predicted octanol–water partition coefficient (Wildman–Crippen LogP) is 21.1. The van der Waals surface area contributed by atoms with Crippen LogP contribution in [0.3, 0.4) is 0 Å². The molecule has 0 amide bonds. The lowest BCUT2D eigenvalue weighted by atomic mass is 10.1. The van der Waals surface area contributed by atoms with Crippen LogP contribution in [0.15, 0.2) is 85.1 Å². The summed E-state index contributed by atoms with van der Waals surface area (Å²) in [6.07, 6.45) is 80.0. The van der Waals surface area contributed by atoms with Gasteiger partial charge in [-0.05, 0) is 116 Å². The maximum atomic E-state index is 12.9. The summed E-state index contributed by atoms with van der Waals surface area (Å²) in [5.41, 5.74) is 0. The molecular formula is C67H116O6. The maximum Gasteiger partial charge on any atom is 0.306 e. The molecular weight excluding hydrogens is 901 g/mol. The van der Waals surface area contributed by atoms with Crippen molar-refractivity contribution in [3.05, 3.63) is 85.1 Å². The van der Waals surface area contributed by atoms with Gasteiger partial charge in [0.05, 0.1) is 0 Å². The van der Waals surface area contributed by atoms with Gasteiger partial charge in [0, 0.05) is 19.3 Å². The Kier molecular flexibility index (Phi) is 58.3. The lowest BCUT2D eigenvalue weighted by molar-refractivity contribution is -0.167. The molecule has 6 nitrogen and oxygen atoms in total. The summed E-state index contributed by atoms with van der Waals surface area (Å²) in [5, 5.41) is 0. The molecule has 0 saturated heterocycles. The molecule has 0 bridgehead atoms. The number of ether oxygens (including phenoxy) is 3. The fraction of sp³-hybridized carbons (Fsp3) is 0.746. The molecule has 0 aliphatic carbocycles. The first kappa shape index (κ1) is 69.6. The molecule has 0 saturated carbocycles. The zero-order chi connectivity index (χ0) is 52.9. The van der Waals surface area contributed by atoms with Gasteiger partial charge in [0.15, 0.2) is 6.10 Å². The van der Waals surface area contributed by atoms with Crippen LogP contribution in [0.5, 0.6) is 0 Å². The molecule has 0 spiro atoms. The Morgan fingerprint density at radius 2 is 0.534 bits per heavy atom. The van der Waals surface area contributed by atoms with E-state index < -0.39 is 6.10 Å². The number of rotatable bonds is 56. The zero-order valence-corrected chi connectivity index (χ0v) is 48.1. The largest absolute Gasteiger partial charge is 0.462 e. The molecule has 0 rings (SSSR count). The summed E-state index contributed by atoms with van der Waals surface area (Å²) < 4.78 is 16.9. The number of hydrogen-bond acceptors (Lipinski definition) is 6. The first-order valence-corrected chi connectivity index (χ1v) is 31.1. The second-order valence-corrected chi connectivity index (χ2v) is 20.6. The van der Waals surface area contributed by atoms with Gasteiger partial charge in [0.1, 0.15) is 13.2 Å². The number of hydrogen-bond donors (Lipinski definition) is 0. The summed E-state index contributed by atoms with van der Waals surface area (Å²) in [7, 11) is 0. The van der Waals surface area contributed by atoms with Gasteiger partial charge < -0.3 is 14.2 Å². The second kappa shape index (κ2) is 61.1. The van der Waals surface area contributed by atoms with Crippen LogP contribution in [0.2, 0.25) is 0 Å². The molecule has 1 unspecified atom stereocenters. The van der Waals surface area contributed by atoms with Gasteiger partial charge in [0.2, 0.25) is 0 Å². The van der Waals surface area contributed by atoms with Crippen molar-refractivity contribution in [1.82, 2.24) is 0 Å². The minimum absolute atomic E-state index is 0.0837. The van der Waals surface area contributed by atoms with Gasteiger partial charge in [-0.25, -0.2) is 0 Å². The summed E-state index contributed by atoms with van der Waals surface area (Å²) >= 11 is 0. The Bertz CT molecular complexity index is 1400. The van der Waals surface area contributed by atoms with Gasteiger partial charge in [-0.15, -0.1) is 0 Å². The van der Waals surface area contributed by atoms with Crippen LogP contribution in [0.1, 0.15) is 303 Å². The van der Waals surface area contributed by atoms with Crippen LogP contribution in [-0.4, -0.2) is 37.2 Å². The highest BCUT2D eigenvalue weighted by Crippen LogP contribution is 2.16. The standard InChI is InChI=1S/C67H116O6/c1-4-7-10-13-16-19-22-25-28-31-32-33-34-37-39-42-45-48-51-54-57-60-66(69)72-63-64(73-67(70)61-58-55-52-49-46-43-40-36-30-27-24-21-18-15-12-9-6-3)62-71-65(68)59-56-53-50-47-44-41-38-35-29-26-23-20-17-14-11-8-5-2/h7,10,16,18-19,21,25-30,32-33,64H,4-6,8-9,11-15,17,20,22-24,31,34-63H2,1-3H3/b10-7-,19-16-,21-18-,28-25-,29-26-,30-27-,33-32-. The van der Waals surface area contributed by atoms with E-state index in [0.29, 0.717) is 19.3 Å². The smallest absolute Gasteiger partial charge is 0.306 e. The third-order valence-corrected chi connectivity index (χ3v) is 13.4. The fourth-order valence-electron chi connectivity index (χ4n) is 8.69. The van der Waals surface area contributed by atoms with Crippen molar-refractivity contribution in [2.45, 2.75) is 309 Å². The van der Waals surface area contributed by atoms with Crippen LogP contribution in [0, 0.1) is 0 Å². The highest BCUT2D eigenvalue weighted by molar-refractivity contribution is 5.71. The molecule has 6 heteroatoms. The fourth-order valence-corrected chi connectivity index (χ4v) is 8.69. The molecule has 0 aromatic rings. The Balaban J connectivity index is 4.40. The topological polar surface area (TPSA) is 78.9 Å². The van der Waals surface area contributed by atoms with Crippen molar-refractivity contribution in [3.63, 3.8) is 0 Å². The highest BCUT2D eigenvalue weighted by Gasteiger charge is 2.19. The molecule has 0 N–H and O–H groups in total. The van der Waals surface area contributed by atoms with E-state index in [0.717, 1.165) is 103 Å². The van der Waals surface area contributed by atoms with Crippen LogP contribution in [0.4, 0.5) is 0 Å². The van der Waals surface area contributed by atoms with E-state index in [4.69, 9.17) is 14.2 Å². The summed E-state index contributed by atoms with van der Waals surface area (Å²) in [4.78, 5) is 38.3. The number of carbonyl (C=O) groups is 3. The lowest BCUT2D eigenvalue weighted by Gasteiger charge is -2.18. The third kappa shape index (κ3) is 59.3. The van der Waals surface area contributed by atoms with E-state index in [9.17, 15) is 14.4 Å². The van der Waals surface area contributed by atoms with E-state index in [1.165, 1.54) is 161 Å². The van der Waals surface area contributed by atoms with Crippen molar-refractivity contribution in [2.24, 2.45) is 0 Å². The van der Waals surface area contributed by atoms with Crippen LogP contribution in [-0.2, 0) is 28.6 Å². The molecule has 0 fully saturated rings. The van der Waals surface area contributed by atoms with Crippen molar-refractivity contribution < 1.29 is 28.6 Å². The van der Waals surface area contributed by atoms with E-state index in [2.05, 4.69) is 106 Å². The van der Waals surface area contributed by atoms with E-state index in [1.807, 2.05) is 0 Å². The quantitative estimate of drug-likeness (QED) is 0.0261. The lowest BCUT2D eigenvalue weighted by Crippen LogP contribution is -2.30. The minimum atomic E-state index is -0.787. The number of unbranched alkanes of at least 4 members (excludes halogenated alkanes) is 31. The molecule has 0 aromatic heterocycles. The monoisotopic (exact) mass is 1020 g/mol. The molecule has 0 radical (unpaired) electrons. The average molecular weight is 1020 g/mol. The first-order chi connectivity index (χ1) is 36.0. The van der Waals surface area contributed by atoms with Gasteiger partial charge in [-0.1, -0.05) is 254 Å². The highest BCUT2D eigenvalue weighted by atomic mass is 16.6. The van der Waals surface area contributed by atoms with Gasteiger partial charge in [-0.2, -0.15) is 0 Å². The maximum absolute atomic E-state index is 12.9. The zero-order valence-electron chi connectivity index (χ0n) is 48.1. The van der Waals surface area contributed by atoms with Gasteiger partial charge >= 0.3 is 17.9 Å². The van der Waals surface area contributed by atoms with Crippen LogP contribution in [0.25, 0.3) is 0 Å². The summed E-state index contributed by atoms with van der Waals surface area (Å²) in [5.74, 6) is -0.893. The molecule has 73 heavy (non-hydrogen) atoms. The number of allylic oxidation sites excluding steroid dienone is 14. The van der Waals surface area contributed by atoms with E-state index in [-0.39, 0.29) is 31.1 Å². The van der Waals surface area contributed by atoms with Crippen LogP contribution >= 0.6 is 0 Å². The van der Waals surface area contributed by atoms with Crippen LogP contribution < -0.4 is 0 Å². The number of esters is 3. The van der Waals surface area contributed by atoms with Gasteiger partial charge in [0.25, 0.3) is 0 Å². The normalized spacial score (nSPS) is 12.6. The summed E-state index contributed by atoms with van der Waals surface area (Å²) in [6.45, 7) is 6.51. The van der Waals surface area contributed by atoms with Crippen molar-refractivity contribution in [2.75, 3.05) is 13.2 Å². The third-order valence-electron chi connectivity index (χ3n) is 13.4. The Morgan fingerprint density at radius 3 is 0.877 bits per heavy atom. The van der Waals surface area contributed by atoms with E-state index >= 15 is 0 Å². The Labute approximate surface area is 452 Å². The second-order valence-electron chi connectivity index (χ2n) is 20.6. The van der Waals surface area contributed by atoms with Crippen molar-refractivity contribution in [1.29, 1.82) is 0 Å². The average Bonchev–Trinajstić information content (AvgIpc) is 3.39. The molecule has 0 heterocycles. The molecule has 0 aliphatic rings. The SMILES string of the molecule is CC/C=C\C/C=C\C/C=C\C/C=C\CCCCCCCCCCC(=O)OCC(COC(=O)CCCCCCCCC/C=C\CCCCCCCC)OC(=O)CCCCCCCCC/C=C\C/C=C\CCCCC. The number of carbonyl (C=O) groups excluding carboxylic acids is 3. The molecule has 0 aromatic carbocycles. The Hall–Kier alpha value is -3.41.